The fourth-order valence-corrected chi connectivity index (χ4v) is 3.54. The molecule has 1 N–H and O–H groups in total. The Bertz CT molecular complexity index is 965. The van der Waals surface area contributed by atoms with Crippen LogP contribution in [0.15, 0.2) is 54.9 Å². The van der Waals surface area contributed by atoms with E-state index in [0.29, 0.717) is 0 Å². The van der Waals surface area contributed by atoms with Crippen LogP contribution in [0.5, 0.6) is 5.75 Å². The van der Waals surface area contributed by atoms with Gasteiger partial charge in [0.1, 0.15) is 23.7 Å². The predicted octanol–water partition coefficient (Wildman–Crippen LogP) is 4.17. The van der Waals surface area contributed by atoms with Crippen molar-refractivity contribution in [3.8, 4) is 5.75 Å². The highest BCUT2D eigenvalue weighted by atomic mass is 16.5. The normalized spacial score (nSPS) is 14.0. The average Bonchev–Trinajstić information content (AvgIpc) is 2.77. The number of anilines is 4. The molecule has 0 spiro atoms. The van der Waals surface area contributed by atoms with Crippen LogP contribution in [-0.4, -0.2) is 43.3 Å². The Balaban J connectivity index is 1.40. The molecule has 1 aromatic heterocycles. The second kappa shape index (κ2) is 8.39. The molecule has 1 aliphatic heterocycles. The minimum atomic E-state index is 0.816. The summed E-state index contributed by atoms with van der Waals surface area (Å²) in [5.41, 5.74) is 4.82. The van der Waals surface area contributed by atoms with E-state index in [2.05, 4.69) is 69.3 Å². The zero-order valence-electron chi connectivity index (χ0n) is 17.2. The third-order valence-corrected chi connectivity index (χ3v) is 5.47. The SMILES string of the molecule is COc1ccc(N2CCN(c3cc(Nc4ccc(C)c(C)c4)ncn3)CC2)cc1. The summed E-state index contributed by atoms with van der Waals surface area (Å²) in [4.78, 5) is 13.6. The molecule has 6 nitrogen and oxygen atoms in total. The first-order valence-electron chi connectivity index (χ1n) is 9.92. The lowest BCUT2D eigenvalue weighted by molar-refractivity contribution is 0.415. The van der Waals surface area contributed by atoms with Crippen LogP contribution >= 0.6 is 0 Å². The number of rotatable bonds is 5. The van der Waals surface area contributed by atoms with Gasteiger partial charge in [-0.1, -0.05) is 6.07 Å². The lowest BCUT2D eigenvalue weighted by atomic mass is 10.1. The summed E-state index contributed by atoms with van der Waals surface area (Å²) in [6.45, 7) is 7.99. The van der Waals surface area contributed by atoms with E-state index in [-0.39, 0.29) is 0 Å². The number of aromatic nitrogens is 2. The van der Waals surface area contributed by atoms with E-state index in [4.69, 9.17) is 4.74 Å². The van der Waals surface area contributed by atoms with Crippen LogP contribution in [-0.2, 0) is 0 Å². The van der Waals surface area contributed by atoms with Crippen molar-refractivity contribution in [3.63, 3.8) is 0 Å². The van der Waals surface area contributed by atoms with Gasteiger partial charge in [0.25, 0.3) is 0 Å². The van der Waals surface area contributed by atoms with Crippen molar-refractivity contribution in [1.29, 1.82) is 0 Å². The van der Waals surface area contributed by atoms with Crippen LogP contribution in [0.2, 0.25) is 0 Å². The zero-order valence-corrected chi connectivity index (χ0v) is 17.2. The zero-order chi connectivity index (χ0) is 20.2. The molecule has 2 heterocycles. The summed E-state index contributed by atoms with van der Waals surface area (Å²) in [7, 11) is 1.69. The summed E-state index contributed by atoms with van der Waals surface area (Å²) in [5, 5.41) is 3.40. The minimum absolute atomic E-state index is 0.816. The predicted molar refractivity (Wildman–Crippen MR) is 119 cm³/mol. The van der Waals surface area contributed by atoms with E-state index in [0.717, 1.165) is 49.3 Å². The van der Waals surface area contributed by atoms with Crippen LogP contribution in [0.1, 0.15) is 11.1 Å². The fourth-order valence-electron chi connectivity index (χ4n) is 3.54. The van der Waals surface area contributed by atoms with Gasteiger partial charge in [-0.05, 0) is 61.4 Å². The van der Waals surface area contributed by atoms with Crippen LogP contribution in [0, 0.1) is 13.8 Å². The highest BCUT2D eigenvalue weighted by molar-refractivity contribution is 5.61. The third-order valence-electron chi connectivity index (χ3n) is 5.47. The molecule has 1 aliphatic rings. The highest BCUT2D eigenvalue weighted by Crippen LogP contribution is 2.24. The van der Waals surface area contributed by atoms with Crippen molar-refractivity contribution in [3.05, 3.63) is 66.0 Å². The Morgan fingerprint density at radius 2 is 1.55 bits per heavy atom. The van der Waals surface area contributed by atoms with E-state index in [1.165, 1.54) is 16.8 Å². The lowest BCUT2D eigenvalue weighted by Crippen LogP contribution is -2.46. The van der Waals surface area contributed by atoms with Gasteiger partial charge in [-0.2, -0.15) is 0 Å². The molecular weight excluding hydrogens is 362 g/mol. The number of piperazine rings is 1. The molecule has 29 heavy (non-hydrogen) atoms. The molecule has 0 unspecified atom stereocenters. The Morgan fingerprint density at radius 3 is 2.24 bits per heavy atom. The Hall–Kier alpha value is -3.28. The van der Waals surface area contributed by atoms with Gasteiger partial charge in [-0.15, -0.1) is 0 Å². The highest BCUT2D eigenvalue weighted by Gasteiger charge is 2.19. The Morgan fingerprint density at radius 1 is 0.828 bits per heavy atom. The standard InChI is InChI=1S/C23H27N5O/c1-17-4-5-19(14-18(17)2)26-22-15-23(25-16-24-22)28-12-10-27(11-13-28)20-6-8-21(29-3)9-7-20/h4-9,14-16H,10-13H2,1-3H3,(H,24,25,26). The summed E-state index contributed by atoms with van der Waals surface area (Å²) in [6, 6.07) is 16.6. The largest absolute Gasteiger partial charge is 0.497 e. The number of hydrogen-bond donors (Lipinski definition) is 1. The minimum Gasteiger partial charge on any atom is -0.497 e. The van der Waals surface area contributed by atoms with Crippen molar-refractivity contribution >= 4 is 23.0 Å². The third kappa shape index (κ3) is 4.42. The summed E-state index contributed by atoms with van der Waals surface area (Å²) < 4.78 is 5.25. The van der Waals surface area contributed by atoms with Gasteiger partial charge in [0.05, 0.1) is 7.11 Å². The number of nitrogens with one attached hydrogen (secondary N) is 1. The molecule has 150 valence electrons. The molecular formula is C23H27N5O. The smallest absolute Gasteiger partial charge is 0.135 e. The lowest BCUT2D eigenvalue weighted by Gasteiger charge is -2.36. The van der Waals surface area contributed by atoms with Gasteiger partial charge >= 0.3 is 0 Å². The molecule has 2 aromatic carbocycles. The van der Waals surface area contributed by atoms with Crippen molar-refractivity contribution in [2.24, 2.45) is 0 Å². The van der Waals surface area contributed by atoms with Gasteiger partial charge in [-0.3, -0.25) is 0 Å². The van der Waals surface area contributed by atoms with Gasteiger partial charge in [0.15, 0.2) is 0 Å². The number of aryl methyl sites for hydroxylation is 2. The van der Waals surface area contributed by atoms with Gasteiger partial charge < -0.3 is 19.9 Å². The number of ether oxygens (including phenoxy) is 1. The molecule has 0 bridgehead atoms. The molecule has 1 saturated heterocycles. The van der Waals surface area contributed by atoms with Crippen molar-refractivity contribution in [1.82, 2.24) is 9.97 Å². The topological polar surface area (TPSA) is 53.5 Å². The summed E-state index contributed by atoms with van der Waals surface area (Å²) in [6.07, 6.45) is 1.63. The number of benzene rings is 2. The van der Waals surface area contributed by atoms with Crippen molar-refractivity contribution in [2.75, 3.05) is 48.4 Å². The first kappa shape index (κ1) is 19.1. The summed E-state index contributed by atoms with van der Waals surface area (Å²) >= 11 is 0. The van der Waals surface area contributed by atoms with Crippen LogP contribution in [0.4, 0.5) is 23.0 Å². The molecule has 6 heteroatoms. The molecule has 0 atom stereocenters. The van der Waals surface area contributed by atoms with Crippen molar-refractivity contribution < 1.29 is 4.74 Å². The van der Waals surface area contributed by atoms with E-state index in [1.54, 1.807) is 13.4 Å². The number of hydrogen-bond acceptors (Lipinski definition) is 6. The van der Waals surface area contributed by atoms with E-state index >= 15 is 0 Å². The molecule has 0 saturated carbocycles. The van der Waals surface area contributed by atoms with Gasteiger partial charge in [-0.25, -0.2) is 9.97 Å². The van der Waals surface area contributed by atoms with E-state index in [1.807, 2.05) is 18.2 Å². The quantitative estimate of drug-likeness (QED) is 0.707. The molecule has 0 amide bonds. The van der Waals surface area contributed by atoms with Crippen LogP contribution < -0.4 is 19.9 Å². The maximum absolute atomic E-state index is 5.25. The maximum Gasteiger partial charge on any atom is 0.135 e. The van der Waals surface area contributed by atoms with Crippen LogP contribution in [0.3, 0.4) is 0 Å². The number of methoxy groups -OCH3 is 1. The summed E-state index contributed by atoms with van der Waals surface area (Å²) in [5.74, 6) is 2.66. The first-order chi connectivity index (χ1) is 14.1. The van der Waals surface area contributed by atoms with Crippen molar-refractivity contribution in [2.45, 2.75) is 13.8 Å². The maximum atomic E-state index is 5.25. The number of nitrogens with zero attached hydrogens (tertiary/aromatic N) is 4. The molecule has 0 aliphatic carbocycles. The Kier molecular flexibility index (Phi) is 5.51. The monoisotopic (exact) mass is 389 g/mol. The van der Waals surface area contributed by atoms with Gasteiger partial charge in [0, 0.05) is 43.6 Å². The molecule has 0 radical (unpaired) electrons. The molecule has 4 rings (SSSR count). The average molecular weight is 390 g/mol. The van der Waals surface area contributed by atoms with Crippen LogP contribution in [0.25, 0.3) is 0 Å². The van der Waals surface area contributed by atoms with Gasteiger partial charge in [0.2, 0.25) is 0 Å². The first-order valence-corrected chi connectivity index (χ1v) is 9.92. The van der Waals surface area contributed by atoms with E-state index in [9.17, 15) is 0 Å². The Labute approximate surface area is 172 Å². The second-order valence-electron chi connectivity index (χ2n) is 7.36. The molecule has 1 fully saturated rings. The fraction of sp³-hybridized carbons (Fsp3) is 0.304. The second-order valence-corrected chi connectivity index (χ2v) is 7.36. The molecule has 3 aromatic rings. The van der Waals surface area contributed by atoms with E-state index < -0.39 is 0 Å².